The lowest BCUT2D eigenvalue weighted by molar-refractivity contribution is 0.515. The summed E-state index contributed by atoms with van der Waals surface area (Å²) in [6.45, 7) is 12.4. The number of benzene rings is 3. The molecule has 194 valence electrons. The highest BCUT2D eigenvalue weighted by Crippen LogP contribution is 2.27. The van der Waals surface area contributed by atoms with Crippen molar-refractivity contribution in [3.8, 4) is 34.4 Å². The van der Waals surface area contributed by atoms with Gasteiger partial charge >= 0.3 is 11.3 Å². The van der Waals surface area contributed by atoms with E-state index in [9.17, 15) is 9.59 Å². The van der Waals surface area contributed by atoms with Gasteiger partial charge in [-0.3, -0.25) is 0 Å². The summed E-state index contributed by atoms with van der Waals surface area (Å²) in [4.78, 5) is 34.5. The largest absolute Gasteiger partial charge is 0.544 e. The van der Waals surface area contributed by atoms with Crippen molar-refractivity contribution in [3.05, 3.63) is 81.5 Å². The van der Waals surface area contributed by atoms with E-state index in [1.165, 1.54) is 0 Å². The third kappa shape index (κ3) is 5.61. The molecule has 0 bridgehead atoms. The Bertz CT molecular complexity index is 1650. The van der Waals surface area contributed by atoms with E-state index in [2.05, 4.69) is 49.3 Å². The van der Waals surface area contributed by atoms with Crippen LogP contribution in [-0.4, -0.2) is 26.6 Å². The predicted octanol–water partition coefficient (Wildman–Crippen LogP) is 6.45. The second kappa shape index (κ2) is 9.37. The van der Waals surface area contributed by atoms with Crippen LogP contribution in [0.2, 0.25) is 39.3 Å². The highest BCUT2D eigenvalue weighted by molar-refractivity contribution is 6.70. The number of rotatable bonds is 6. The summed E-state index contributed by atoms with van der Waals surface area (Å²) in [5.41, 5.74) is 1.26. The number of hydrogen-bond donors (Lipinski definition) is 0. The summed E-state index contributed by atoms with van der Waals surface area (Å²) in [6.07, 6.45) is 0. The van der Waals surface area contributed by atoms with Gasteiger partial charge in [0.05, 0.1) is 21.8 Å². The van der Waals surface area contributed by atoms with Gasteiger partial charge in [-0.2, -0.15) is 0 Å². The second-order valence-corrected chi connectivity index (χ2v) is 19.8. The van der Waals surface area contributed by atoms with E-state index in [0.29, 0.717) is 44.4 Å². The van der Waals surface area contributed by atoms with Gasteiger partial charge in [0.2, 0.25) is 28.4 Å². The van der Waals surface area contributed by atoms with Gasteiger partial charge in [0.15, 0.2) is 0 Å². The molecule has 2 heterocycles. The third-order valence-corrected chi connectivity index (χ3v) is 7.12. The topological polar surface area (TPSA) is 105 Å². The van der Waals surface area contributed by atoms with Crippen molar-refractivity contribution >= 4 is 38.4 Å². The summed E-state index contributed by atoms with van der Waals surface area (Å²) in [5, 5.41) is 0.725. The fraction of sp³-hybridized carbons (Fsp3) is 0.214. The lowest BCUT2D eigenvalue weighted by Gasteiger charge is -2.19. The molecule has 3 aromatic carbocycles. The molecular weight excluding hydrogens is 516 g/mol. The maximum Gasteiger partial charge on any atom is 0.347 e. The van der Waals surface area contributed by atoms with Gasteiger partial charge in [-0.1, -0.05) is 0 Å². The Balaban J connectivity index is 1.45. The Morgan fingerprint density at radius 1 is 0.579 bits per heavy atom. The van der Waals surface area contributed by atoms with Gasteiger partial charge in [0.1, 0.15) is 11.5 Å². The molecule has 0 fully saturated rings. The summed E-state index contributed by atoms with van der Waals surface area (Å²) in [7, 11) is -3.64. The zero-order valence-corrected chi connectivity index (χ0v) is 24.1. The molecule has 0 amide bonds. The Hall–Kier alpha value is -4.03. The van der Waals surface area contributed by atoms with Crippen molar-refractivity contribution in [3.63, 3.8) is 0 Å². The average molecular weight is 545 g/mol. The van der Waals surface area contributed by atoms with Crippen LogP contribution in [0.3, 0.4) is 0 Å². The van der Waals surface area contributed by atoms with Gasteiger partial charge < -0.3 is 17.7 Å². The van der Waals surface area contributed by atoms with Crippen molar-refractivity contribution in [2.75, 3.05) is 0 Å². The molecule has 10 heteroatoms. The lowest BCUT2D eigenvalue weighted by Crippen LogP contribution is -2.29. The molecule has 0 aliphatic rings. The Kier molecular flexibility index (Phi) is 6.32. The molecule has 8 nitrogen and oxygen atoms in total. The van der Waals surface area contributed by atoms with Crippen LogP contribution >= 0.6 is 0 Å². The monoisotopic (exact) mass is 544 g/mol. The Labute approximate surface area is 221 Å². The van der Waals surface area contributed by atoms with Crippen molar-refractivity contribution in [1.82, 2.24) is 9.97 Å². The minimum atomic E-state index is -1.82. The minimum Gasteiger partial charge on any atom is -0.544 e. The molecule has 0 unspecified atom stereocenters. The van der Waals surface area contributed by atoms with Gasteiger partial charge in [0, 0.05) is 11.1 Å². The summed E-state index contributed by atoms with van der Waals surface area (Å²) in [6, 6.07) is 17.5. The molecule has 0 atom stereocenters. The second-order valence-electron chi connectivity index (χ2n) is 11.0. The maximum absolute atomic E-state index is 12.7. The van der Waals surface area contributed by atoms with Crippen LogP contribution in [0, 0.1) is 0 Å². The van der Waals surface area contributed by atoms with E-state index in [1.54, 1.807) is 48.5 Å². The van der Waals surface area contributed by atoms with Crippen LogP contribution in [0.5, 0.6) is 11.5 Å². The van der Waals surface area contributed by atoms with Crippen molar-refractivity contribution < 1.29 is 17.7 Å². The average Bonchev–Trinajstić information content (AvgIpc) is 2.83. The summed E-state index contributed by atoms with van der Waals surface area (Å²) >= 11 is 0. The first-order valence-electron chi connectivity index (χ1n) is 12.2. The Morgan fingerprint density at radius 3 is 1.29 bits per heavy atom. The molecule has 0 saturated heterocycles. The van der Waals surface area contributed by atoms with Crippen LogP contribution < -0.4 is 20.1 Å². The zero-order chi connectivity index (χ0) is 27.2. The molecule has 5 aromatic rings. The number of hydrogen-bond acceptors (Lipinski definition) is 8. The normalized spacial score (nSPS) is 12.2. The van der Waals surface area contributed by atoms with Crippen molar-refractivity contribution in [2.24, 2.45) is 0 Å². The molecule has 2 aromatic heterocycles. The third-order valence-electron chi connectivity index (χ3n) is 5.43. The van der Waals surface area contributed by atoms with Crippen LogP contribution in [0.1, 0.15) is 0 Å². The van der Waals surface area contributed by atoms with Crippen molar-refractivity contribution in [2.45, 2.75) is 39.3 Å². The molecule has 0 aliphatic carbocycles. The molecule has 0 aliphatic heterocycles. The zero-order valence-electron chi connectivity index (χ0n) is 22.1. The molecule has 0 radical (unpaired) electrons. The van der Waals surface area contributed by atoms with E-state index >= 15 is 0 Å². The SMILES string of the molecule is C[Si](C)(C)Oc1ccc2nc(-c3ccc(-c4nc5ccc(O[Si](C)(C)C)cc5c(=O)o4)cc3)oc(=O)c2c1. The van der Waals surface area contributed by atoms with Gasteiger partial charge in [-0.15, -0.1) is 0 Å². The highest BCUT2D eigenvalue weighted by atomic mass is 28.4. The minimum absolute atomic E-state index is 0.191. The lowest BCUT2D eigenvalue weighted by atomic mass is 10.1. The standard InChI is InChI=1S/C28H28N2O6Si2/c1-37(2,3)35-19-11-13-23-21(15-19)27(31)33-25(29-23)17-7-9-18(10-8-17)26-30-24-14-12-20(36-38(4,5)6)16-22(24)28(32)34-26/h7-16H,1-6H3. The molecular formula is C28H28N2O6Si2. The van der Waals surface area contributed by atoms with Gasteiger partial charge in [-0.05, 0) is 99.9 Å². The molecule has 38 heavy (non-hydrogen) atoms. The van der Waals surface area contributed by atoms with E-state index in [1.807, 2.05) is 12.1 Å². The van der Waals surface area contributed by atoms with Gasteiger partial charge in [0.25, 0.3) is 0 Å². The molecule has 5 rings (SSSR count). The molecule has 0 N–H and O–H groups in total. The number of fused-ring (bicyclic) bond motifs is 2. The van der Waals surface area contributed by atoms with E-state index in [0.717, 1.165) is 0 Å². The molecule has 0 spiro atoms. The number of aromatic nitrogens is 2. The highest BCUT2D eigenvalue weighted by Gasteiger charge is 2.19. The van der Waals surface area contributed by atoms with E-state index in [-0.39, 0.29) is 11.8 Å². The van der Waals surface area contributed by atoms with Crippen LogP contribution in [0.4, 0.5) is 0 Å². The molecule has 0 saturated carbocycles. The smallest absolute Gasteiger partial charge is 0.347 e. The summed E-state index contributed by atoms with van der Waals surface area (Å²) < 4.78 is 23.0. The first-order valence-corrected chi connectivity index (χ1v) is 19.0. The maximum atomic E-state index is 12.7. The van der Waals surface area contributed by atoms with Crippen LogP contribution in [0.15, 0.2) is 79.1 Å². The van der Waals surface area contributed by atoms with Crippen LogP contribution in [0.25, 0.3) is 44.7 Å². The van der Waals surface area contributed by atoms with E-state index in [4.69, 9.17) is 17.7 Å². The Morgan fingerprint density at radius 2 is 0.947 bits per heavy atom. The fourth-order valence-electron chi connectivity index (χ4n) is 3.94. The van der Waals surface area contributed by atoms with Gasteiger partial charge in [-0.25, -0.2) is 19.6 Å². The van der Waals surface area contributed by atoms with Crippen LogP contribution in [-0.2, 0) is 0 Å². The predicted molar refractivity (Wildman–Crippen MR) is 153 cm³/mol. The fourth-order valence-corrected chi connectivity index (χ4v) is 5.61. The quantitative estimate of drug-likeness (QED) is 0.225. The number of nitrogens with zero attached hydrogens (tertiary/aromatic N) is 2. The van der Waals surface area contributed by atoms with E-state index < -0.39 is 27.9 Å². The van der Waals surface area contributed by atoms with Crippen molar-refractivity contribution in [1.29, 1.82) is 0 Å². The first-order chi connectivity index (χ1) is 17.8. The summed E-state index contributed by atoms with van der Waals surface area (Å²) in [5.74, 6) is 1.64. The first kappa shape index (κ1) is 25.6.